The van der Waals surface area contributed by atoms with Crippen molar-refractivity contribution in [2.24, 2.45) is 5.73 Å². The summed E-state index contributed by atoms with van der Waals surface area (Å²) in [6.45, 7) is 7.10. The molecule has 21 heavy (non-hydrogen) atoms. The van der Waals surface area contributed by atoms with E-state index in [1.54, 1.807) is 0 Å². The van der Waals surface area contributed by atoms with Crippen LogP contribution in [0.2, 0.25) is 0 Å². The monoisotopic (exact) mass is 284 g/mol. The van der Waals surface area contributed by atoms with Crippen LogP contribution in [0.4, 0.5) is 5.69 Å². The second kappa shape index (κ2) is 5.90. The Labute approximate surface area is 126 Å². The third-order valence-electron chi connectivity index (χ3n) is 4.33. The molecule has 4 nitrogen and oxygen atoms in total. The Morgan fingerprint density at radius 1 is 1.33 bits per heavy atom. The number of aromatic nitrogens is 2. The summed E-state index contributed by atoms with van der Waals surface area (Å²) in [7, 11) is 0. The van der Waals surface area contributed by atoms with Gasteiger partial charge in [0.25, 0.3) is 0 Å². The summed E-state index contributed by atoms with van der Waals surface area (Å²) in [5, 5.41) is 0. The molecule has 1 aromatic carbocycles. The summed E-state index contributed by atoms with van der Waals surface area (Å²) in [5.41, 5.74) is 9.85. The minimum Gasteiger partial charge on any atom is -0.365 e. The van der Waals surface area contributed by atoms with Crippen LogP contribution in [0.15, 0.2) is 36.8 Å². The van der Waals surface area contributed by atoms with Crippen LogP contribution in [0.5, 0.6) is 0 Å². The van der Waals surface area contributed by atoms with Crippen molar-refractivity contribution in [1.29, 1.82) is 0 Å². The zero-order chi connectivity index (χ0) is 14.8. The van der Waals surface area contributed by atoms with Crippen LogP contribution in [-0.4, -0.2) is 22.6 Å². The van der Waals surface area contributed by atoms with Gasteiger partial charge in [-0.05, 0) is 38.4 Å². The molecule has 112 valence electrons. The molecule has 0 saturated heterocycles. The van der Waals surface area contributed by atoms with Gasteiger partial charge in [-0.3, -0.25) is 0 Å². The molecule has 2 heterocycles. The first kappa shape index (κ1) is 14.1. The fraction of sp³-hybridized carbons (Fsp3) is 0.471. The van der Waals surface area contributed by atoms with E-state index in [-0.39, 0.29) is 0 Å². The lowest BCUT2D eigenvalue weighted by molar-refractivity contribution is 0.563. The molecule has 0 saturated carbocycles. The number of fused-ring (bicyclic) bond motifs is 1. The van der Waals surface area contributed by atoms with Gasteiger partial charge in [0.05, 0.1) is 18.6 Å². The molecule has 3 rings (SSSR count). The second-order valence-electron chi connectivity index (χ2n) is 6.10. The Hall–Kier alpha value is -1.81. The maximum atomic E-state index is 5.78. The minimum absolute atomic E-state index is 0.445. The molecule has 1 atom stereocenters. The van der Waals surface area contributed by atoms with Crippen molar-refractivity contribution in [3.8, 4) is 0 Å². The lowest BCUT2D eigenvalue weighted by atomic mass is 9.98. The highest BCUT2D eigenvalue weighted by Crippen LogP contribution is 2.38. The zero-order valence-corrected chi connectivity index (χ0v) is 12.9. The first-order valence-electron chi connectivity index (χ1n) is 7.75. The van der Waals surface area contributed by atoms with E-state index in [1.165, 1.54) is 16.9 Å². The molecule has 0 bridgehead atoms. The van der Waals surface area contributed by atoms with Crippen molar-refractivity contribution in [1.82, 2.24) is 9.55 Å². The number of hydrogen-bond acceptors (Lipinski definition) is 3. The van der Waals surface area contributed by atoms with Gasteiger partial charge >= 0.3 is 0 Å². The molecule has 1 aliphatic heterocycles. The summed E-state index contributed by atoms with van der Waals surface area (Å²) in [4.78, 5) is 6.78. The minimum atomic E-state index is 0.445. The smallest absolute Gasteiger partial charge is 0.0951 e. The van der Waals surface area contributed by atoms with Gasteiger partial charge in [0.1, 0.15) is 0 Å². The topological polar surface area (TPSA) is 47.1 Å². The molecule has 1 unspecified atom stereocenters. The highest BCUT2D eigenvalue weighted by Gasteiger charge is 2.28. The van der Waals surface area contributed by atoms with Gasteiger partial charge in [-0.25, -0.2) is 4.98 Å². The van der Waals surface area contributed by atoms with Crippen molar-refractivity contribution in [2.45, 2.75) is 38.8 Å². The van der Waals surface area contributed by atoms with Gasteiger partial charge in [0, 0.05) is 30.4 Å². The standard InChI is InChI=1S/C17H24N4/c1-13(2)21-12-19-9-15(21)11-20-10-14(7-8-18)16-5-3-4-6-17(16)20/h3-6,9,12-14H,7-8,10-11,18H2,1-2H3. The number of imidazole rings is 1. The lowest BCUT2D eigenvalue weighted by Gasteiger charge is -2.22. The van der Waals surface area contributed by atoms with Crippen LogP contribution in [0.1, 0.15) is 43.5 Å². The van der Waals surface area contributed by atoms with Crippen LogP contribution >= 0.6 is 0 Å². The normalized spacial score (nSPS) is 17.5. The van der Waals surface area contributed by atoms with Crippen LogP contribution in [-0.2, 0) is 6.54 Å². The Kier molecular flexibility index (Phi) is 3.97. The van der Waals surface area contributed by atoms with Crippen molar-refractivity contribution < 1.29 is 0 Å². The molecule has 0 amide bonds. The van der Waals surface area contributed by atoms with Crippen molar-refractivity contribution in [3.05, 3.63) is 48.0 Å². The molecule has 1 aromatic heterocycles. The Bertz CT molecular complexity index is 602. The van der Waals surface area contributed by atoms with E-state index in [1.807, 2.05) is 12.5 Å². The fourth-order valence-electron chi connectivity index (χ4n) is 3.30. The molecule has 0 fully saturated rings. The van der Waals surface area contributed by atoms with Gasteiger partial charge in [-0.15, -0.1) is 0 Å². The molecular formula is C17H24N4. The van der Waals surface area contributed by atoms with Gasteiger partial charge in [-0.2, -0.15) is 0 Å². The van der Waals surface area contributed by atoms with E-state index in [9.17, 15) is 0 Å². The van der Waals surface area contributed by atoms with Gasteiger partial charge < -0.3 is 15.2 Å². The number of nitrogens with zero attached hydrogens (tertiary/aromatic N) is 3. The lowest BCUT2D eigenvalue weighted by Crippen LogP contribution is -2.24. The first-order chi connectivity index (χ1) is 10.2. The van der Waals surface area contributed by atoms with E-state index in [0.717, 1.165) is 26.1 Å². The number of anilines is 1. The highest BCUT2D eigenvalue weighted by molar-refractivity contribution is 5.60. The van der Waals surface area contributed by atoms with Crippen molar-refractivity contribution in [3.63, 3.8) is 0 Å². The molecule has 1 aliphatic rings. The zero-order valence-electron chi connectivity index (χ0n) is 12.9. The first-order valence-corrected chi connectivity index (χ1v) is 7.75. The van der Waals surface area contributed by atoms with Crippen molar-refractivity contribution in [2.75, 3.05) is 18.0 Å². The SMILES string of the molecule is CC(C)n1cncc1CN1CC(CCN)c2ccccc21. The van der Waals surface area contributed by atoms with Crippen LogP contribution in [0.3, 0.4) is 0 Å². The Balaban J connectivity index is 1.85. The molecule has 2 aromatic rings. The average Bonchev–Trinajstić information content (AvgIpc) is 3.06. The number of para-hydroxylation sites is 1. The fourth-order valence-corrected chi connectivity index (χ4v) is 3.30. The van der Waals surface area contributed by atoms with E-state index < -0.39 is 0 Å². The maximum Gasteiger partial charge on any atom is 0.0951 e. The summed E-state index contributed by atoms with van der Waals surface area (Å²) in [6.07, 6.45) is 4.97. The predicted molar refractivity (Wildman–Crippen MR) is 86.5 cm³/mol. The number of nitrogens with two attached hydrogens (primary N) is 1. The second-order valence-corrected chi connectivity index (χ2v) is 6.10. The van der Waals surface area contributed by atoms with E-state index >= 15 is 0 Å². The van der Waals surface area contributed by atoms with Crippen LogP contribution in [0, 0.1) is 0 Å². The van der Waals surface area contributed by atoms with Crippen LogP contribution in [0.25, 0.3) is 0 Å². The number of hydrogen-bond donors (Lipinski definition) is 1. The highest BCUT2D eigenvalue weighted by atomic mass is 15.2. The summed E-state index contributed by atoms with van der Waals surface area (Å²) in [5.74, 6) is 0.557. The molecule has 0 radical (unpaired) electrons. The van der Waals surface area contributed by atoms with E-state index in [0.29, 0.717) is 12.0 Å². The predicted octanol–water partition coefficient (Wildman–Crippen LogP) is 2.92. The Morgan fingerprint density at radius 2 is 2.14 bits per heavy atom. The van der Waals surface area contributed by atoms with Crippen molar-refractivity contribution >= 4 is 5.69 Å². The third-order valence-corrected chi connectivity index (χ3v) is 4.33. The summed E-state index contributed by atoms with van der Waals surface area (Å²) in [6, 6.07) is 9.16. The van der Waals surface area contributed by atoms with Gasteiger partial charge in [0.2, 0.25) is 0 Å². The number of rotatable bonds is 5. The maximum absolute atomic E-state index is 5.78. The quantitative estimate of drug-likeness (QED) is 0.918. The van der Waals surface area contributed by atoms with Gasteiger partial charge in [-0.1, -0.05) is 18.2 Å². The molecule has 4 heteroatoms. The van der Waals surface area contributed by atoms with Gasteiger partial charge in [0.15, 0.2) is 0 Å². The molecule has 0 aliphatic carbocycles. The largest absolute Gasteiger partial charge is 0.365 e. The summed E-state index contributed by atoms with van der Waals surface area (Å²) < 4.78 is 2.25. The van der Waals surface area contributed by atoms with E-state index in [4.69, 9.17) is 5.73 Å². The molecule has 2 N–H and O–H groups in total. The van der Waals surface area contributed by atoms with Crippen LogP contribution < -0.4 is 10.6 Å². The summed E-state index contributed by atoms with van der Waals surface area (Å²) >= 11 is 0. The van der Waals surface area contributed by atoms with E-state index in [2.05, 4.69) is 52.6 Å². The molecule has 0 spiro atoms. The number of benzene rings is 1. The average molecular weight is 284 g/mol. The third kappa shape index (κ3) is 2.68. The molecular weight excluding hydrogens is 260 g/mol. The Morgan fingerprint density at radius 3 is 2.90 bits per heavy atom.